The number of hydrogen-bond donors (Lipinski definition) is 1. The fraction of sp³-hybridized carbons (Fsp3) is 0.385. The second-order valence-corrected chi connectivity index (χ2v) is 9.43. The molecule has 36 heavy (non-hydrogen) atoms. The Morgan fingerprint density at radius 3 is 2.33 bits per heavy atom. The lowest BCUT2D eigenvalue weighted by molar-refractivity contribution is -0.140. The Balaban J connectivity index is 1.79. The molecule has 0 bridgehead atoms. The minimum Gasteiger partial charge on any atom is -0.363 e. The van der Waals surface area contributed by atoms with E-state index in [1.54, 1.807) is 13.8 Å². The van der Waals surface area contributed by atoms with Crippen LogP contribution in [-0.4, -0.2) is 23.2 Å². The Bertz CT molecular complexity index is 1350. The van der Waals surface area contributed by atoms with Crippen LogP contribution in [0.2, 0.25) is 0 Å². The predicted octanol–water partition coefficient (Wildman–Crippen LogP) is 7.61. The first-order valence-corrected chi connectivity index (χ1v) is 11.4. The summed E-state index contributed by atoms with van der Waals surface area (Å²) in [7, 11) is 1.50. The zero-order valence-corrected chi connectivity index (χ0v) is 20.4. The largest absolute Gasteiger partial charge is 0.401 e. The van der Waals surface area contributed by atoms with Crippen molar-refractivity contribution in [1.82, 2.24) is 9.97 Å². The van der Waals surface area contributed by atoms with Gasteiger partial charge in [-0.15, -0.1) is 0 Å². The van der Waals surface area contributed by atoms with Crippen LogP contribution in [0, 0.1) is 18.7 Å². The number of aryl methyl sites for hydroxylation is 1. The van der Waals surface area contributed by atoms with Gasteiger partial charge in [-0.3, -0.25) is 0 Å². The van der Waals surface area contributed by atoms with Gasteiger partial charge < -0.3 is 10.2 Å². The highest BCUT2D eigenvalue weighted by Crippen LogP contribution is 2.51. The molecule has 1 N–H and O–H groups in total. The van der Waals surface area contributed by atoms with Crippen molar-refractivity contribution in [2.75, 3.05) is 17.3 Å². The van der Waals surface area contributed by atoms with Crippen molar-refractivity contribution in [2.45, 2.75) is 51.8 Å². The third-order valence-corrected chi connectivity index (χ3v) is 6.65. The van der Waals surface area contributed by atoms with Crippen LogP contribution in [0.1, 0.15) is 55.2 Å². The molecule has 1 aliphatic heterocycles. The Morgan fingerprint density at radius 1 is 1.06 bits per heavy atom. The highest BCUT2D eigenvalue weighted by Gasteiger charge is 2.49. The fourth-order valence-corrected chi connectivity index (χ4v) is 4.56. The Labute approximate surface area is 205 Å². The molecule has 0 aliphatic carbocycles. The van der Waals surface area contributed by atoms with E-state index in [1.165, 1.54) is 50.1 Å². The topological polar surface area (TPSA) is 41.1 Å². The quantitative estimate of drug-likeness (QED) is 0.360. The smallest absolute Gasteiger partial charge is 0.363 e. The number of nitrogens with one attached hydrogen (secondary N) is 1. The molecule has 1 unspecified atom stereocenters. The molecule has 0 fully saturated rings. The molecule has 0 radical (unpaired) electrons. The lowest BCUT2D eigenvalue weighted by Gasteiger charge is -2.24. The average molecular weight is 509 g/mol. The van der Waals surface area contributed by atoms with E-state index < -0.39 is 41.4 Å². The summed E-state index contributed by atoms with van der Waals surface area (Å²) in [5.74, 6) is -6.80. The molecule has 0 amide bonds. The van der Waals surface area contributed by atoms with Crippen molar-refractivity contribution in [1.29, 1.82) is 0 Å². The molecular weight excluding hydrogens is 482 g/mol. The first kappa shape index (κ1) is 25.8. The molecule has 1 aliphatic rings. The van der Waals surface area contributed by atoms with Gasteiger partial charge >= 0.3 is 6.18 Å². The third kappa shape index (κ3) is 4.16. The summed E-state index contributed by atoms with van der Waals surface area (Å²) < 4.78 is 85.7. The molecule has 0 saturated carbocycles. The molecule has 3 aromatic rings. The number of anilines is 2. The minimum atomic E-state index is -4.53. The fourth-order valence-electron chi connectivity index (χ4n) is 4.56. The van der Waals surface area contributed by atoms with Gasteiger partial charge in [0.25, 0.3) is 5.92 Å². The van der Waals surface area contributed by atoms with E-state index >= 15 is 4.39 Å². The van der Waals surface area contributed by atoms with Gasteiger partial charge in [0.1, 0.15) is 23.4 Å². The maximum atomic E-state index is 15.2. The zero-order valence-electron chi connectivity index (χ0n) is 20.4. The second-order valence-electron chi connectivity index (χ2n) is 9.43. The second kappa shape index (κ2) is 8.67. The van der Waals surface area contributed by atoms with Gasteiger partial charge in [0, 0.05) is 35.3 Å². The summed E-state index contributed by atoms with van der Waals surface area (Å²) in [6.45, 7) is 9.43. The molecule has 1 aromatic heterocycles. The van der Waals surface area contributed by atoms with Crippen molar-refractivity contribution in [3.8, 4) is 0 Å². The van der Waals surface area contributed by atoms with Crippen LogP contribution in [0.5, 0.6) is 0 Å². The number of aromatic nitrogens is 2. The van der Waals surface area contributed by atoms with Gasteiger partial charge in [-0.1, -0.05) is 38.6 Å². The van der Waals surface area contributed by atoms with Crippen molar-refractivity contribution in [3.63, 3.8) is 0 Å². The highest BCUT2D eigenvalue weighted by molar-refractivity contribution is 5.94. The summed E-state index contributed by atoms with van der Waals surface area (Å²) >= 11 is 0. The maximum Gasteiger partial charge on any atom is 0.401 e. The van der Waals surface area contributed by atoms with E-state index in [1.807, 2.05) is 0 Å². The van der Waals surface area contributed by atoms with Gasteiger partial charge in [-0.05, 0) is 31.5 Å². The molecule has 4 rings (SSSR count). The van der Waals surface area contributed by atoms with Crippen LogP contribution in [0.4, 0.5) is 37.8 Å². The van der Waals surface area contributed by atoms with Crippen LogP contribution < -0.4 is 10.2 Å². The van der Waals surface area contributed by atoms with Crippen LogP contribution in [0.3, 0.4) is 0 Å². The predicted molar refractivity (Wildman–Crippen MR) is 128 cm³/mol. The molecule has 192 valence electrons. The lowest BCUT2D eigenvalue weighted by atomic mass is 9.94. The van der Waals surface area contributed by atoms with Gasteiger partial charge in [0.05, 0.1) is 17.1 Å². The van der Waals surface area contributed by atoms with Crippen LogP contribution in [0.15, 0.2) is 42.6 Å². The number of fused-ring (bicyclic) bond motifs is 2. The standard InChI is InChI=1S/C26H26F6N4/c1-12(2)25(28,29)19-9-7-8-16(23(19)27)13(3)33-24-17-11-21-18(10-20(17)34-15(5)35-24)22(26(30,31)32)14(4)36(21)6/h7-13,22H,4H2,1-3,5-6H3,(H,33,34,35)/t13-,22?/m1/s1. The minimum absolute atomic E-state index is 0.0148. The maximum absolute atomic E-state index is 15.2. The Morgan fingerprint density at radius 2 is 1.72 bits per heavy atom. The molecule has 10 heteroatoms. The molecule has 4 nitrogen and oxygen atoms in total. The van der Waals surface area contributed by atoms with Gasteiger partial charge in [-0.2, -0.15) is 13.2 Å². The molecule has 0 saturated heterocycles. The molecular formula is C26H26F6N4. The van der Waals surface area contributed by atoms with Crippen LogP contribution in [0.25, 0.3) is 10.9 Å². The van der Waals surface area contributed by atoms with E-state index in [2.05, 4.69) is 21.9 Å². The van der Waals surface area contributed by atoms with Gasteiger partial charge in [0.2, 0.25) is 0 Å². The van der Waals surface area contributed by atoms with E-state index in [-0.39, 0.29) is 34.0 Å². The molecule has 2 aromatic carbocycles. The van der Waals surface area contributed by atoms with Crippen molar-refractivity contribution in [2.24, 2.45) is 5.92 Å². The number of hydrogen-bond acceptors (Lipinski definition) is 4. The van der Waals surface area contributed by atoms with Crippen LogP contribution in [-0.2, 0) is 5.92 Å². The first-order chi connectivity index (χ1) is 16.6. The SMILES string of the molecule is C=C1C(C(F)(F)F)c2cc3nc(C)nc(N[C@H](C)c4cccc(C(F)(F)C(C)C)c4F)c3cc2N1C. The summed E-state index contributed by atoms with van der Waals surface area (Å²) in [4.78, 5) is 10.1. The van der Waals surface area contributed by atoms with Gasteiger partial charge in [0.15, 0.2) is 0 Å². The van der Waals surface area contributed by atoms with E-state index in [0.717, 1.165) is 6.07 Å². The van der Waals surface area contributed by atoms with Crippen molar-refractivity contribution < 1.29 is 26.3 Å². The molecule has 2 heterocycles. The Kier molecular flexibility index (Phi) is 6.21. The molecule has 0 spiro atoms. The number of benzene rings is 2. The number of rotatable bonds is 5. The van der Waals surface area contributed by atoms with E-state index in [9.17, 15) is 22.0 Å². The number of allylic oxidation sites excluding steroid dienone is 1. The third-order valence-electron chi connectivity index (χ3n) is 6.65. The number of alkyl halides is 5. The summed E-state index contributed by atoms with van der Waals surface area (Å²) in [6, 6.07) is 5.97. The normalized spacial score (nSPS) is 17.2. The Hall–Kier alpha value is -3.30. The molecule has 2 atom stereocenters. The van der Waals surface area contributed by atoms with E-state index in [4.69, 9.17) is 0 Å². The highest BCUT2D eigenvalue weighted by atomic mass is 19.4. The van der Waals surface area contributed by atoms with Gasteiger partial charge in [-0.25, -0.2) is 23.1 Å². The lowest BCUT2D eigenvalue weighted by Crippen LogP contribution is -2.24. The van der Waals surface area contributed by atoms with Crippen LogP contribution >= 0.6 is 0 Å². The summed E-state index contributed by atoms with van der Waals surface area (Å²) in [5.41, 5.74) is -0.166. The van der Waals surface area contributed by atoms with Crippen molar-refractivity contribution in [3.05, 3.63) is 70.9 Å². The summed E-state index contributed by atoms with van der Waals surface area (Å²) in [5, 5.41) is 3.46. The summed E-state index contributed by atoms with van der Waals surface area (Å²) in [6.07, 6.45) is -4.53. The monoisotopic (exact) mass is 508 g/mol. The van der Waals surface area contributed by atoms with Crippen molar-refractivity contribution >= 4 is 22.4 Å². The number of likely N-dealkylation sites (N-methyl/N-ethyl adjacent to an activating group) is 1. The zero-order chi connectivity index (χ0) is 26.7. The first-order valence-electron chi connectivity index (χ1n) is 11.4. The van der Waals surface area contributed by atoms with E-state index in [0.29, 0.717) is 11.1 Å². The average Bonchev–Trinajstić information content (AvgIpc) is 3.01. The number of halogens is 6. The number of nitrogens with zero attached hydrogens (tertiary/aromatic N) is 3.